The van der Waals surface area contributed by atoms with E-state index >= 15 is 0 Å². The SMILES string of the molecule is CCCNC(Cc1ccccc1)c1ccccc1SC. The van der Waals surface area contributed by atoms with Crippen molar-refractivity contribution in [1.82, 2.24) is 5.32 Å². The Hall–Kier alpha value is -1.25. The predicted molar refractivity (Wildman–Crippen MR) is 89.4 cm³/mol. The molecule has 0 fully saturated rings. The standard InChI is InChI=1S/C18H23NS/c1-3-13-19-17(14-15-9-5-4-6-10-15)16-11-7-8-12-18(16)20-2/h4-12,17,19H,3,13-14H2,1-2H3. The molecule has 0 heterocycles. The normalized spacial score (nSPS) is 12.3. The lowest BCUT2D eigenvalue weighted by molar-refractivity contribution is 0.523. The number of hydrogen-bond acceptors (Lipinski definition) is 2. The van der Waals surface area contributed by atoms with Gasteiger partial charge in [-0.25, -0.2) is 0 Å². The lowest BCUT2D eigenvalue weighted by atomic mass is 9.98. The summed E-state index contributed by atoms with van der Waals surface area (Å²) in [7, 11) is 0. The van der Waals surface area contributed by atoms with E-state index < -0.39 is 0 Å². The van der Waals surface area contributed by atoms with Gasteiger partial charge in [0.2, 0.25) is 0 Å². The Morgan fingerprint density at radius 3 is 2.40 bits per heavy atom. The minimum Gasteiger partial charge on any atom is -0.310 e. The van der Waals surface area contributed by atoms with Crippen LogP contribution in [-0.2, 0) is 6.42 Å². The second-order valence-corrected chi connectivity index (χ2v) is 5.79. The molecule has 2 rings (SSSR count). The van der Waals surface area contributed by atoms with Crippen LogP contribution in [-0.4, -0.2) is 12.8 Å². The van der Waals surface area contributed by atoms with Crippen LogP contribution >= 0.6 is 11.8 Å². The highest BCUT2D eigenvalue weighted by Crippen LogP contribution is 2.28. The molecule has 0 amide bonds. The van der Waals surface area contributed by atoms with Gasteiger partial charge < -0.3 is 5.32 Å². The van der Waals surface area contributed by atoms with Gasteiger partial charge in [-0.05, 0) is 42.8 Å². The molecule has 20 heavy (non-hydrogen) atoms. The molecule has 106 valence electrons. The molecule has 1 nitrogen and oxygen atoms in total. The van der Waals surface area contributed by atoms with Crippen molar-refractivity contribution < 1.29 is 0 Å². The molecule has 2 heteroatoms. The third kappa shape index (κ3) is 4.12. The summed E-state index contributed by atoms with van der Waals surface area (Å²) >= 11 is 1.83. The smallest absolute Gasteiger partial charge is 0.0372 e. The molecule has 0 bridgehead atoms. The Morgan fingerprint density at radius 2 is 1.70 bits per heavy atom. The summed E-state index contributed by atoms with van der Waals surface area (Å²) in [5.41, 5.74) is 2.80. The summed E-state index contributed by atoms with van der Waals surface area (Å²) in [4.78, 5) is 1.37. The van der Waals surface area contributed by atoms with Crippen LogP contribution in [0.5, 0.6) is 0 Å². The molecular weight excluding hydrogens is 262 g/mol. The van der Waals surface area contributed by atoms with Gasteiger partial charge in [-0.3, -0.25) is 0 Å². The molecule has 0 saturated heterocycles. The summed E-state index contributed by atoms with van der Waals surface area (Å²) in [6.45, 7) is 3.27. The van der Waals surface area contributed by atoms with Gasteiger partial charge in [0, 0.05) is 10.9 Å². The number of rotatable bonds is 7. The monoisotopic (exact) mass is 285 g/mol. The van der Waals surface area contributed by atoms with Crippen molar-refractivity contribution >= 4 is 11.8 Å². The zero-order chi connectivity index (χ0) is 14.2. The van der Waals surface area contributed by atoms with E-state index in [1.54, 1.807) is 0 Å². The van der Waals surface area contributed by atoms with Gasteiger partial charge >= 0.3 is 0 Å². The fourth-order valence-corrected chi connectivity index (χ4v) is 3.08. The maximum Gasteiger partial charge on any atom is 0.0372 e. The van der Waals surface area contributed by atoms with E-state index in [1.165, 1.54) is 16.0 Å². The minimum atomic E-state index is 0.390. The van der Waals surface area contributed by atoms with Crippen molar-refractivity contribution in [2.24, 2.45) is 0 Å². The fraction of sp³-hybridized carbons (Fsp3) is 0.333. The van der Waals surface area contributed by atoms with Gasteiger partial charge in [-0.15, -0.1) is 11.8 Å². The van der Waals surface area contributed by atoms with Crippen molar-refractivity contribution in [3.63, 3.8) is 0 Å². The highest BCUT2D eigenvalue weighted by atomic mass is 32.2. The van der Waals surface area contributed by atoms with Gasteiger partial charge in [0.05, 0.1) is 0 Å². The van der Waals surface area contributed by atoms with Crippen LogP contribution < -0.4 is 5.32 Å². The Bertz CT molecular complexity index is 510. The van der Waals surface area contributed by atoms with E-state index in [0.29, 0.717) is 6.04 Å². The van der Waals surface area contributed by atoms with Crippen LogP contribution in [0, 0.1) is 0 Å². The van der Waals surface area contributed by atoms with Crippen molar-refractivity contribution in [3.05, 3.63) is 65.7 Å². The van der Waals surface area contributed by atoms with Gasteiger partial charge in [-0.1, -0.05) is 55.5 Å². The van der Waals surface area contributed by atoms with Crippen LogP contribution in [0.15, 0.2) is 59.5 Å². The molecule has 0 aromatic heterocycles. The van der Waals surface area contributed by atoms with Gasteiger partial charge in [0.25, 0.3) is 0 Å². The summed E-state index contributed by atoms with van der Waals surface area (Å²) in [5, 5.41) is 3.70. The molecular formula is C18H23NS. The van der Waals surface area contributed by atoms with E-state index in [0.717, 1.165) is 19.4 Å². The highest BCUT2D eigenvalue weighted by molar-refractivity contribution is 7.98. The molecule has 1 N–H and O–H groups in total. The molecule has 1 atom stereocenters. The second-order valence-electron chi connectivity index (χ2n) is 4.94. The Kier molecular flexibility index (Phi) is 6.16. The number of thioether (sulfide) groups is 1. The number of benzene rings is 2. The van der Waals surface area contributed by atoms with E-state index in [9.17, 15) is 0 Å². The number of nitrogens with one attached hydrogen (secondary N) is 1. The van der Waals surface area contributed by atoms with Gasteiger partial charge in [0.1, 0.15) is 0 Å². The Balaban J connectivity index is 2.22. The molecule has 0 spiro atoms. The molecule has 2 aromatic rings. The average molecular weight is 285 g/mol. The lowest BCUT2D eigenvalue weighted by Gasteiger charge is -2.21. The molecule has 0 saturated carbocycles. The maximum absolute atomic E-state index is 3.70. The van der Waals surface area contributed by atoms with Crippen molar-refractivity contribution in [1.29, 1.82) is 0 Å². The van der Waals surface area contributed by atoms with Crippen molar-refractivity contribution in [2.75, 3.05) is 12.8 Å². The summed E-state index contributed by atoms with van der Waals surface area (Å²) in [5.74, 6) is 0. The predicted octanol–water partition coefficient (Wildman–Crippen LogP) is 4.69. The van der Waals surface area contributed by atoms with E-state index in [4.69, 9.17) is 0 Å². The first-order valence-electron chi connectivity index (χ1n) is 7.25. The molecule has 0 aliphatic heterocycles. The first-order valence-corrected chi connectivity index (χ1v) is 8.47. The third-order valence-electron chi connectivity index (χ3n) is 3.44. The minimum absolute atomic E-state index is 0.390. The van der Waals surface area contributed by atoms with Crippen molar-refractivity contribution in [3.8, 4) is 0 Å². The third-order valence-corrected chi connectivity index (χ3v) is 4.25. The van der Waals surface area contributed by atoms with E-state index in [1.807, 2.05) is 11.8 Å². The van der Waals surface area contributed by atoms with Crippen LogP contribution in [0.3, 0.4) is 0 Å². The molecule has 2 aromatic carbocycles. The molecule has 0 aliphatic rings. The Labute approximate surface area is 126 Å². The lowest BCUT2D eigenvalue weighted by Crippen LogP contribution is -2.24. The first-order chi connectivity index (χ1) is 9.85. The van der Waals surface area contributed by atoms with Crippen molar-refractivity contribution in [2.45, 2.75) is 30.7 Å². The topological polar surface area (TPSA) is 12.0 Å². The van der Waals surface area contributed by atoms with Crippen LogP contribution in [0.25, 0.3) is 0 Å². The van der Waals surface area contributed by atoms with Crippen LogP contribution in [0.1, 0.15) is 30.5 Å². The average Bonchev–Trinajstić information content (AvgIpc) is 2.52. The van der Waals surface area contributed by atoms with Crippen LogP contribution in [0.4, 0.5) is 0 Å². The maximum atomic E-state index is 3.70. The molecule has 0 aliphatic carbocycles. The summed E-state index contributed by atoms with van der Waals surface area (Å²) in [6.07, 6.45) is 4.35. The second kappa shape index (κ2) is 8.13. The largest absolute Gasteiger partial charge is 0.310 e. The zero-order valence-electron chi connectivity index (χ0n) is 12.3. The molecule has 0 radical (unpaired) electrons. The van der Waals surface area contributed by atoms with Gasteiger partial charge in [-0.2, -0.15) is 0 Å². The van der Waals surface area contributed by atoms with E-state index in [-0.39, 0.29) is 0 Å². The van der Waals surface area contributed by atoms with E-state index in [2.05, 4.69) is 73.1 Å². The first kappa shape index (κ1) is 15.1. The fourth-order valence-electron chi connectivity index (χ4n) is 2.41. The zero-order valence-corrected chi connectivity index (χ0v) is 13.1. The highest BCUT2D eigenvalue weighted by Gasteiger charge is 2.14. The number of hydrogen-bond donors (Lipinski definition) is 1. The van der Waals surface area contributed by atoms with Gasteiger partial charge in [0.15, 0.2) is 0 Å². The summed E-state index contributed by atoms with van der Waals surface area (Å²) < 4.78 is 0. The van der Waals surface area contributed by atoms with Crippen LogP contribution in [0.2, 0.25) is 0 Å². The quantitative estimate of drug-likeness (QED) is 0.741. The summed E-state index contributed by atoms with van der Waals surface area (Å²) in [6, 6.07) is 19.8. The Morgan fingerprint density at radius 1 is 1.00 bits per heavy atom. The molecule has 1 unspecified atom stereocenters.